The van der Waals surface area contributed by atoms with E-state index in [1.54, 1.807) is 12.1 Å². The predicted molar refractivity (Wildman–Crippen MR) is 56.9 cm³/mol. The van der Waals surface area contributed by atoms with Crippen LogP contribution in [0.1, 0.15) is 0 Å². The van der Waals surface area contributed by atoms with Crippen molar-refractivity contribution in [2.45, 2.75) is 0 Å². The molecule has 0 aliphatic heterocycles. The van der Waals surface area contributed by atoms with Crippen LogP contribution in [-0.4, -0.2) is 4.98 Å². The highest BCUT2D eigenvalue weighted by atomic mass is 19.1. The quantitative estimate of drug-likeness (QED) is 0.695. The van der Waals surface area contributed by atoms with Crippen LogP contribution in [0.2, 0.25) is 0 Å². The molecule has 0 bridgehead atoms. The Hall–Kier alpha value is -2.10. The van der Waals surface area contributed by atoms with Gasteiger partial charge in [-0.1, -0.05) is 6.07 Å². The summed E-state index contributed by atoms with van der Waals surface area (Å²) in [4.78, 5) is 13.7. The fraction of sp³-hybridized carbons (Fsp3) is 0. The average molecular weight is 204 g/mol. The van der Waals surface area contributed by atoms with Gasteiger partial charge in [0.05, 0.1) is 5.69 Å². The van der Waals surface area contributed by atoms with Crippen molar-refractivity contribution in [2.75, 3.05) is 5.73 Å². The lowest BCUT2D eigenvalue weighted by Crippen LogP contribution is -2.04. The number of hydrogen-bond acceptors (Lipinski definition) is 2. The molecule has 0 spiro atoms. The smallest absolute Gasteiger partial charge is 0.248 e. The normalized spacial score (nSPS) is 10.2. The van der Waals surface area contributed by atoms with E-state index < -0.39 is 5.82 Å². The Morgan fingerprint density at radius 2 is 2.00 bits per heavy atom. The minimum atomic E-state index is -0.394. The molecule has 1 heterocycles. The van der Waals surface area contributed by atoms with Crippen LogP contribution in [0.15, 0.2) is 41.2 Å². The van der Waals surface area contributed by atoms with Gasteiger partial charge in [0.2, 0.25) is 5.56 Å². The molecule has 0 unspecified atom stereocenters. The van der Waals surface area contributed by atoms with Crippen LogP contribution in [0.5, 0.6) is 0 Å². The summed E-state index contributed by atoms with van der Waals surface area (Å²) in [6.07, 6.45) is 0. The van der Waals surface area contributed by atoms with Crippen LogP contribution in [0.3, 0.4) is 0 Å². The van der Waals surface area contributed by atoms with E-state index in [0.717, 1.165) is 0 Å². The minimum absolute atomic E-state index is 0.212. The molecule has 0 aliphatic carbocycles. The summed E-state index contributed by atoms with van der Waals surface area (Å²) in [7, 11) is 0. The van der Waals surface area contributed by atoms with Crippen molar-refractivity contribution in [3.63, 3.8) is 0 Å². The van der Waals surface area contributed by atoms with Crippen molar-refractivity contribution in [3.05, 3.63) is 52.6 Å². The molecular weight excluding hydrogens is 195 g/mol. The molecule has 0 radical (unpaired) electrons. The number of aromatic amines is 1. The standard InChI is InChI=1S/C11H9FN2O/c12-7-4-5-8(9(13)6-7)10-2-1-3-11(15)14-10/h1-6H,13H2,(H,14,15). The van der Waals surface area contributed by atoms with Crippen LogP contribution in [-0.2, 0) is 0 Å². The van der Waals surface area contributed by atoms with Crippen molar-refractivity contribution in [1.82, 2.24) is 4.98 Å². The number of halogens is 1. The fourth-order valence-electron chi connectivity index (χ4n) is 1.38. The second-order valence-electron chi connectivity index (χ2n) is 3.16. The van der Waals surface area contributed by atoms with E-state index in [0.29, 0.717) is 16.9 Å². The first-order chi connectivity index (χ1) is 7.16. The first-order valence-electron chi connectivity index (χ1n) is 4.41. The number of pyridine rings is 1. The summed E-state index contributed by atoms with van der Waals surface area (Å²) < 4.78 is 12.8. The van der Waals surface area contributed by atoms with Gasteiger partial charge in [0.25, 0.3) is 0 Å². The first kappa shape index (κ1) is 9.45. The maximum absolute atomic E-state index is 12.8. The third-order valence-corrected chi connectivity index (χ3v) is 2.07. The van der Waals surface area contributed by atoms with E-state index in [4.69, 9.17) is 5.73 Å². The van der Waals surface area contributed by atoms with Gasteiger partial charge in [-0.05, 0) is 24.3 Å². The third-order valence-electron chi connectivity index (χ3n) is 2.07. The zero-order valence-corrected chi connectivity index (χ0v) is 7.83. The van der Waals surface area contributed by atoms with Crippen molar-refractivity contribution >= 4 is 5.69 Å². The van der Waals surface area contributed by atoms with Gasteiger partial charge in [-0.2, -0.15) is 0 Å². The predicted octanol–water partition coefficient (Wildman–Crippen LogP) is 1.76. The van der Waals surface area contributed by atoms with E-state index in [2.05, 4.69) is 4.98 Å². The maximum Gasteiger partial charge on any atom is 0.248 e. The molecule has 2 rings (SSSR count). The van der Waals surface area contributed by atoms with Gasteiger partial charge >= 0.3 is 0 Å². The molecule has 0 fully saturated rings. The largest absolute Gasteiger partial charge is 0.398 e. The molecule has 0 amide bonds. The zero-order valence-electron chi connectivity index (χ0n) is 7.83. The highest BCUT2D eigenvalue weighted by molar-refractivity contribution is 5.73. The van der Waals surface area contributed by atoms with Gasteiger partial charge in [-0.15, -0.1) is 0 Å². The molecule has 3 N–H and O–H groups in total. The Morgan fingerprint density at radius 3 is 2.67 bits per heavy atom. The molecule has 0 saturated carbocycles. The van der Waals surface area contributed by atoms with Crippen LogP contribution in [0, 0.1) is 5.82 Å². The Kier molecular flexibility index (Phi) is 2.25. The number of benzene rings is 1. The van der Waals surface area contributed by atoms with Crippen LogP contribution in [0.25, 0.3) is 11.3 Å². The van der Waals surface area contributed by atoms with Crippen LogP contribution >= 0.6 is 0 Å². The van der Waals surface area contributed by atoms with E-state index in [-0.39, 0.29) is 5.56 Å². The molecule has 0 saturated heterocycles. The molecule has 0 aliphatic rings. The SMILES string of the molecule is Nc1cc(F)ccc1-c1cccc(=O)[nH]1. The average Bonchev–Trinajstić information content (AvgIpc) is 2.17. The molecule has 15 heavy (non-hydrogen) atoms. The molecule has 0 atom stereocenters. The molecule has 1 aromatic carbocycles. The zero-order chi connectivity index (χ0) is 10.8. The first-order valence-corrected chi connectivity index (χ1v) is 4.41. The van der Waals surface area contributed by atoms with Crippen LogP contribution in [0.4, 0.5) is 10.1 Å². The lowest BCUT2D eigenvalue weighted by atomic mass is 10.1. The Labute approximate surface area is 85.4 Å². The molecule has 3 nitrogen and oxygen atoms in total. The highest BCUT2D eigenvalue weighted by Crippen LogP contribution is 2.23. The van der Waals surface area contributed by atoms with E-state index in [1.165, 1.54) is 24.3 Å². The maximum atomic E-state index is 12.8. The second-order valence-corrected chi connectivity index (χ2v) is 3.16. The topological polar surface area (TPSA) is 58.9 Å². The summed E-state index contributed by atoms with van der Waals surface area (Å²) in [5.41, 5.74) is 6.94. The van der Waals surface area contributed by atoms with Crippen LogP contribution < -0.4 is 11.3 Å². The number of nitrogens with one attached hydrogen (secondary N) is 1. The summed E-state index contributed by atoms with van der Waals surface area (Å²) >= 11 is 0. The lowest BCUT2D eigenvalue weighted by Gasteiger charge is -2.04. The van der Waals surface area contributed by atoms with Gasteiger partial charge in [-0.25, -0.2) is 4.39 Å². The highest BCUT2D eigenvalue weighted by Gasteiger charge is 2.03. The number of hydrogen-bond donors (Lipinski definition) is 2. The lowest BCUT2D eigenvalue weighted by molar-refractivity contribution is 0.628. The Bertz CT molecular complexity index is 548. The van der Waals surface area contributed by atoms with Gasteiger partial charge in [0.1, 0.15) is 5.82 Å². The molecular formula is C11H9FN2O. The molecule has 4 heteroatoms. The second kappa shape index (κ2) is 3.57. The number of nitrogens with two attached hydrogens (primary N) is 1. The van der Waals surface area contributed by atoms with E-state index in [9.17, 15) is 9.18 Å². The van der Waals surface area contributed by atoms with Crippen molar-refractivity contribution in [3.8, 4) is 11.3 Å². The van der Waals surface area contributed by atoms with Gasteiger partial charge in [0.15, 0.2) is 0 Å². The fourth-order valence-corrected chi connectivity index (χ4v) is 1.38. The summed E-state index contributed by atoms with van der Waals surface area (Å²) in [6.45, 7) is 0. The Morgan fingerprint density at radius 1 is 1.20 bits per heavy atom. The number of aromatic nitrogens is 1. The molecule has 76 valence electrons. The number of nitrogen functional groups attached to an aromatic ring is 1. The number of H-pyrrole nitrogens is 1. The summed E-state index contributed by atoms with van der Waals surface area (Å²) in [5.74, 6) is -0.394. The number of anilines is 1. The van der Waals surface area contributed by atoms with Gasteiger partial charge in [0, 0.05) is 17.3 Å². The van der Waals surface area contributed by atoms with E-state index in [1.807, 2.05) is 0 Å². The minimum Gasteiger partial charge on any atom is -0.398 e. The van der Waals surface area contributed by atoms with Crippen molar-refractivity contribution < 1.29 is 4.39 Å². The van der Waals surface area contributed by atoms with Crippen molar-refractivity contribution in [2.24, 2.45) is 0 Å². The Balaban J connectivity index is 2.59. The molecule has 1 aromatic heterocycles. The monoisotopic (exact) mass is 204 g/mol. The third kappa shape index (κ3) is 1.88. The van der Waals surface area contributed by atoms with Gasteiger partial charge in [-0.3, -0.25) is 4.79 Å². The van der Waals surface area contributed by atoms with Crippen molar-refractivity contribution in [1.29, 1.82) is 0 Å². The molecule has 2 aromatic rings. The summed E-state index contributed by atoms with van der Waals surface area (Å²) in [6, 6.07) is 8.80. The van der Waals surface area contributed by atoms with Gasteiger partial charge < -0.3 is 10.7 Å². The number of rotatable bonds is 1. The summed E-state index contributed by atoms with van der Waals surface area (Å²) in [5, 5.41) is 0. The van der Waals surface area contributed by atoms with E-state index >= 15 is 0 Å².